The maximum Gasteiger partial charge on any atom is 0.308 e. The van der Waals surface area contributed by atoms with Crippen molar-refractivity contribution in [3.63, 3.8) is 0 Å². The summed E-state index contributed by atoms with van der Waals surface area (Å²) < 4.78 is 24.5. The lowest BCUT2D eigenvalue weighted by Gasteiger charge is -2.65. The summed E-state index contributed by atoms with van der Waals surface area (Å²) in [4.78, 5) is 43.7. The van der Waals surface area contributed by atoms with Crippen molar-refractivity contribution in [2.75, 3.05) is 19.6 Å². The van der Waals surface area contributed by atoms with E-state index >= 15 is 0 Å². The predicted molar refractivity (Wildman–Crippen MR) is 162 cm³/mol. The van der Waals surface area contributed by atoms with E-state index in [0.29, 0.717) is 36.8 Å². The zero-order valence-corrected chi connectivity index (χ0v) is 26.0. The normalized spacial score (nSPS) is 30.2. The number of ether oxygens (including phenoxy) is 3. The minimum Gasteiger partial charge on any atom is -0.483 e. The van der Waals surface area contributed by atoms with Gasteiger partial charge in [-0.1, -0.05) is 19.9 Å². The molecule has 44 heavy (non-hydrogen) atoms. The number of carbonyl (C=O) groups excluding carboxylic acids is 3. The molecule has 3 fully saturated rings. The molecule has 9 heteroatoms. The third-order valence-electron chi connectivity index (χ3n) is 10.5. The molecule has 3 aliphatic carbocycles. The Hall–Kier alpha value is -3.59. The lowest BCUT2D eigenvalue weighted by molar-refractivity contribution is -0.224. The second kappa shape index (κ2) is 10.8. The van der Waals surface area contributed by atoms with Crippen molar-refractivity contribution in [1.82, 2.24) is 9.80 Å². The maximum absolute atomic E-state index is 14.0. The monoisotopic (exact) mass is 602 g/mol. The first-order valence-electron chi connectivity index (χ1n) is 16.1. The molecule has 1 aromatic heterocycles. The smallest absolute Gasteiger partial charge is 0.308 e. The number of piperidine rings is 1. The van der Waals surface area contributed by atoms with Gasteiger partial charge in [0, 0.05) is 44.1 Å². The van der Waals surface area contributed by atoms with Gasteiger partial charge in [-0.15, -0.1) is 0 Å². The Labute approximate surface area is 258 Å². The summed E-state index contributed by atoms with van der Waals surface area (Å²) in [6, 6.07) is 5.44. The van der Waals surface area contributed by atoms with E-state index in [4.69, 9.17) is 18.6 Å². The summed E-state index contributed by atoms with van der Waals surface area (Å²) in [6.45, 7) is 9.52. The summed E-state index contributed by atoms with van der Waals surface area (Å²) in [7, 11) is 0. The Morgan fingerprint density at radius 1 is 1.11 bits per heavy atom. The molecular weight excluding hydrogens is 560 g/mol. The summed E-state index contributed by atoms with van der Waals surface area (Å²) in [5.74, 6) is 1.03. The van der Waals surface area contributed by atoms with Gasteiger partial charge in [0.2, 0.25) is 5.91 Å². The Bertz CT molecular complexity index is 1490. The lowest BCUT2D eigenvalue weighted by Crippen LogP contribution is -2.79. The topological polar surface area (TPSA) is 98.5 Å². The molecule has 234 valence electrons. The highest BCUT2D eigenvalue weighted by atomic mass is 16.6. The van der Waals surface area contributed by atoms with Crippen LogP contribution in [0.5, 0.6) is 11.5 Å². The average Bonchev–Trinajstić information content (AvgIpc) is 3.48. The number of amides is 1. The van der Waals surface area contributed by atoms with E-state index in [2.05, 4.69) is 24.8 Å². The van der Waals surface area contributed by atoms with Crippen LogP contribution in [0.25, 0.3) is 6.08 Å². The van der Waals surface area contributed by atoms with Gasteiger partial charge in [-0.2, -0.15) is 0 Å². The number of carbonyl (C=O) groups is 3. The summed E-state index contributed by atoms with van der Waals surface area (Å²) in [6.07, 6.45) is 11.3. The van der Waals surface area contributed by atoms with Crippen molar-refractivity contribution in [3.05, 3.63) is 53.5 Å². The zero-order chi connectivity index (χ0) is 30.8. The largest absolute Gasteiger partial charge is 0.483 e. The van der Waals surface area contributed by atoms with Crippen molar-refractivity contribution in [2.45, 2.75) is 95.4 Å². The van der Waals surface area contributed by atoms with Crippen molar-refractivity contribution >= 4 is 23.9 Å². The molecule has 9 nitrogen and oxygen atoms in total. The Balaban J connectivity index is 1.37. The van der Waals surface area contributed by atoms with Crippen LogP contribution < -0.4 is 9.47 Å². The van der Waals surface area contributed by atoms with Gasteiger partial charge in [-0.3, -0.25) is 19.3 Å². The number of benzene rings is 1. The van der Waals surface area contributed by atoms with Crippen molar-refractivity contribution in [3.8, 4) is 11.5 Å². The van der Waals surface area contributed by atoms with E-state index < -0.39 is 23.1 Å². The van der Waals surface area contributed by atoms with E-state index in [9.17, 15) is 14.4 Å². The third-order valence-corrected chi connectivity index (χ3v) is 10.5. The van der Waals surface area contributed by atoms with Gasteiger partial charge in [0.1, 0.15) is 11.7 Å². The first kappa shape index (κ1) is 29.1. The standard InChI is InChI=1S/C35H42N2O7/c1-21(2)18-37(30(40)10-7-25-12-16-41-20-25)27-11-13-35(44-23(4)39)29-17-26-8-9-28(42-22(3)38)32-31(26)34(35,33(27)43-32)14-15-36(29)19-24-5-6-24/h7-10,12,16,20-21,24,27,29,33H,5-6,11,13-15,17-19H2,1-4H3/b10-7+/t27?,29-,33?,34+,35-/m1/s1. The molecule has 1 aromatic carbocycles. The molecule has 0 radical (unpaired) electrons. The number of nitrogens with zero attached hydrogens (tertiary/aromatic N) is 2. The molecule has 5 aliphatic rings. The molecule has 2 unspecified atom stereocenters. The van der Waals surface area contributed by atoms with E-state index in [-0.39, 0.29) is 29.9 Å². The van der Waals surface area contributed by atoms with Crippen LogP contribution in [0.2, 0.25) is 0 Å². The number of furan rings is 1. The van der Waals surface area contributed by atoms with Gasteiger partial charge < -0.3 is 23.5 Å². The molecule has 3 heterocycles. The molecule has 2 aromatic rings. The van der Waals surface area contributed by atoms with Crippen LogP contribution in [0.15, 0.2) is 41.2 Å². The Kier molecular flexibility index (Phi) is 7.15. The minimum atomic E-state index is -0.820. The van der Waals surface area contributed by atoms with Gasteiger partial charge in [0.25, 0.3) is 0 Å². The molecule has 2 bridgehead atoms. The van der Waals surface area contributed by atoms with Gasteiger partial charge in [0.15, 0.2) is 11.5 Å². The van der Waals surface area contributed by atoms with Gasteiger partial charge >= 0.3 is 11.9 Å². The number of likely N-dealkylation sites (tertiary alicyclic amines) is 1. The number of hydrogen-bond donors (Lipinski definition) is 0. The van der Waals surface area contributed by atoms with Crippen LogP contribution in [0.1, 0.15) is 76.5 Å². The predicted octanol–water partition coefficient (Wildman–Crippen LogP) is 4.91. The van der Waals surface area contributed by atoms with Gasteiger partial charge in [-0.25, -0.2) is 0 Å². The van der Waals surface area contributed by atoms with Gasteiger partial charge in [-0.05, 0) is 80.7 Å². The van der Waals surface area contributed by atoms with Crippen molar-refractivity contribution in [2.24, 2.45) is 11.8 Å². The summed E-state index contributed by atoms with van der Waals surface area (Å²) in [5.41, 5.74) is 1.46. The molecule has 1 amide bonds. The molecule has 7 rings (SSSR count). The minimum absolute atomic E-state index is 0.000984. The Morgan fingerprint density at radius 2 is 1.93 bits per heavy atom. The summed E-state index contributed by atoms with van der Waals surface area (Å²) >= 11 is 0. The quantitative estimate of drug-likeness (QED) is 0.227. The van der Waals surface area contributed by atoms with Crippen molar-refractivity contribution in [1.29, 1.82) is 0 Å². The van der Waals surface area contributed by atoms with Crippen LogP contribution in [0, 0.1) is 11.8 Å². The molecule has 1 spiro atoms. The fourth-order valence-corrected chi connectivity index (χ4v) is 8.85. The highest BCUT2D eigenvalue weighted by Crippen LogP contribution is 2.67. The van der Waals surface area contributed by atoms with Crippen LogP contribution >= 0.6 is 0 Å². The first-order chi connectivity index (χ1) is 21.1. The fraction of sp³-hybridized carbons (Fsp3) is 0.571. The molecular formula is C35H42N2O7. The molecule has 1 saturated heterocycles. The van der Waals surface area contributed by atoms with Crippen LogP contribution in [-0.2, 0) is 31.0 Å². The maximum atomic E-state index is 14.0. The van der Waals surface area contributed by atoms with Crippen LogP contribution in [-0.4, -0.2) is 71.1 Å². The fourth-order valence-electron chi connectivity index (χ4n) is 8.85. The van der Waals surface area contributed by atoms with Crippen molar-refractivity contribution < 1.29 is 33.0 Å². The van der Waals surface area contributed by atoms with E-state index in [1.807, 2.05) is 17.0 Å². The molecule has 0 N–H and O–H groups in total. The number of rotatable bonds is 9. The Morgan fingerprint density at radius 3 is 2.61 bits per heavy atom. The van der Waals surface area contributed by atoms with Gasteiger partial charge in [0.05, 0.1) is 30.0 Å². The second-order valence-corrected chi connectivity index (χ2v) is 13.8. The molecule has 2 aliphatic heterocycles. The highest BCUT2D eigenvalue weighted by Gasteiger charge is 2.76. The second-order valence-electron chi connectivity index (χ2n) is 13.8. The van der Waals surface area contributed by atoms with Crippen LogP contribution in [0.4, 0.5) is 0 Å². The molecule has 5 atom stereocenters. The van der Waals surface area contributed by atoms with E-state index in [1.165, 1.54) is 26.7 Å². The molecule has 2 saturated carbocycles. The zero-order valence-electron chi connectivity index (χ0n) is 26.0. The summed E-state index contributed by atoms with van der Waals surface area (Å²) in [5, 5.41) is 0. The van der Waals surface area contributed by atoms with Crippen LogP contribution in [0.3, 0.4) is 0 Å². The first-order valence-corrected chi connectivity index (χ1v) is 16.1. The van der Waals surface area contributed by atoms with E-state index in [0.717, 1.165) is 42.6 Å². The lowest BCUT2D eigenvalue weighted by atomic mass is 9.48. The van der Waals surface area contributed by atoms with E-state index in [1.54, 1.807) is 24.7 Å². The number of esters is 2. The third kappa shape index (κ3) is 4.57. The highest BCUT2D eigenvalue weighted by molar-refractivity contribution is 5.92. The SMILES string of the molecule is CC(=O)Oc1ccc2c3c1OC1C(N(CC(C)C)C(=O)/C=C/c4ccoc4)CC[C@@]4(OC(C)=O)[C@@H](C2)N(CC2CC2)CC[C@]314. The number of hydrogen-bond acceptors (Lipinski definition) is 8. The average molecular weight is 603 g/mol.